The second kappa shape index (κ2) is 14.0. The molecular formula is C36H50N2OTi. The van der Waals surface area contributed by atoms with Crippen LogP contribution >= 0.6 is 0 Å². The van der Waals surface area contributed by atoms with Gasteiger partial charge in [-0.15, -0.1) is 28.9 Å². The van der Waals surface area contributed by atoms with Gasteiger partial charge in [0.05, 0.1) is 0 Å². The van der Waals surface area contributed by atoms with E-state index in [0.29, 0.717) is 23.6 Å². The molecule has 3 nitrogen and oxygen atoms in total. The fraction of sp³-hybridized carbons (Fsp3) is 0.528. The monoisotopic (exact) mass is 574 g/mol. The van der Waals surface area contributed by atoms with Gasteiger partial charge in [-0.05, 0) is 33.9 Å². The number of aromatic hydroxyl groups is 1. The van der Waals surface area contributed by atoms with Crippen LogP contribution in [0.1, 0.15) is 108 Å². The first kappa shape index (κ1) is 34.6. The van der Waals surface area contributed by atoms with Crippen LogP contribution in [0.15, 0.2) is 48.5 Å². The Kier molecular flexibility index (Phi) is 12.1. The van der Waals surface area contributed by atoms with Gasteiger partial charge < -0.3 is 23.2 Å². The molecular weight excluding hydrogens is 524 g/mol. The van der Waals surface area contributed by atoms with Crippen molar-refractivity contribution in [2.75, 3.05) is 14.1 Å². The SMILES string of the molecule is CC(C)(C)c1cc(C2CCC3CCCC(c4[c-]ccc5ccccc45)C3[N-]2)c(O)c(C(C)(C)C)c1.C[N-]C.[CH3-].[Ti+4]. The molecule has 3 aromatic rings. The van der Waals surface area contributed by atoms with Crippen molar-refractivity contribution in [2.24, 2.45) is 5.92 Å². The topological polar surface area (TPSA) is 48.4 Å². The first-order chi connectivity index (χ1) is 18.0. The molecule has 4 atom stereocenters. The Morgan fingerprint density at radius 2 is 1.57 bits per heavy atom. The van der Waals surface area contributed by atoms with Crippen LogP contribution in [0.4, 0.5) is 0 Å². The molecule has 1 N–H and O–H groups in total. The molecule has 1 aliphatic heterocycles. The first-order valence-electron chi connectivity index (χ1n) is 14.4. The van der Waals surface area contributed by atoms with E-state index in [1.165, 1.54) is 47.6 Å². The van der Waals surface area contributed by atoms with Crippen LogP contribution in [-0.2, 0) is 32.5 Å². The minimum absolute atomic E-state index is 0. The number of hydrogen-bond acceptors (Lipinski definition) is 1. The fourth-order valence-electron chi connectivity index (χ4n) is 6.42. The van der Waals surface area contributed by atoms with Gasteiger partial charge in [-0.2, -0.15) is 37.9 Å². The summed E-state index contributed by atoms with van der Waals surface area (Å²) in [5.74, 6) is 1.49. The van der Waals surface area contributed by atoms with Crippen molar-refractivity contribution in [1.29, 1.82) is 0 Å². The Morgan fingerprint density at radius 3 is 2.23 bits per heavy atom. The predicted octanol–water partition coefficient (Wildman–Crippen LogP) is 10.2. The van der Waals surface area contributed by atoms with Gasteiger partial charge in [0.1, 0.15) is 5.75 Å². The summed E-state index contributed by atoms with van der Waals surface area (Å²) in [5.41, 5.74) is 4.60. The van der Waals surface area contributed by atoms with Crippen LogP contribution in [0.2, 0.25) is 0 Å². The standard InChI is InChI=1S/C33H41NO.C2H6N.CH3.Ti/c1-32(2,3)23-19-27(31(35)28(20-23)33(4,5)6)29-18-17-22-13-10-16-26(30(22)34-29)25-15-9-12-21-11-7-8-14-24(21)25;1-3-2;;/h7-9,11-12,14,19-20,22,26,29-30,35H,10,13,16-18H2,1-6H3;1-2H3;1H3;/q-2;2*-1;+4. The van der Waals surface area contributed by atoms with Gasteiger partial charge >= 0.3 is 21.7 Å². The van der Waals surface area contributed by atoms with Crippen LogP contribution in [0.25, 0.3) is 21.4 Å². The van der Waals surface area contributed by atoms with E-state index in [9.17, 15) is 5.11 Å². The second-order valence-electron chi connectivity index (χ2n) is 13.4. The van der Waals surface area contributed by atoms with Crippen molar-refractivity contribution in [2.45, 2.75) is 102 Å². The summed E-state index contributed by atoms with van der Waals surface area (Å²) in [6.07, 6.45) is 5.91. The van der Waals surface area contributed by atoms with E-state index in [0.717, 1.165) is 17.5 Å². The third-order valence-electron chi connectivity index (χ3n) is 8.44. The van der Waals surface area contributed by atoms with Gasteiger partial charge in [-0.25, -0.2) is 0 Å². The Balaban J connectivity index is 0.00000107. The zero-order valence-corrected chi connectivity index (χ0v) is 27.9. The summed E-state index contributed by atoms with van der Waals surface area (Å²) >= 11 is 0. The number of hydrogen-bond donors (Lipinski definition) is 1. The fourth-order valence-corrected chi connectivity index (χ4v) is 6.42. The molecule has 0 amide bonds. The van der Waals surface area contributed by atoms with Gasteiger partial charge in [0.15, 0.2) is 0 Å². The average Bonchev–Trinajstić information content (AvgIpc) is 2.87. The molecule has 1 saturated carbocycles. The van der Waals surface area contributed by atoms with Crippen LogP contribution in [-0.4, -0.2) is 25.2 Å². The maximum Gasteiger partial charge on any atom is 4.00 e. The number of rotatable bonds is 2. The third-order valence-corrected chi connectivity index (χ3v) is 8.44. The van der Waals surface area contributed by atoms with Crippen LogP contribution < -0.4 is 0 Å². The summed E-state index contributed by atoms with van der Waals surface area (Å²) in [7, 11) is 3.50. The van der Waals surface area contributed by atoms with Gasteiger partial charge in [-0.3, -0.25) is 0 Å². The Hall–Kier alpha value is -1.65. The normalized spacial score (nSPS) is 22.7. The minimum atomic E-state index is -0.122. The predicted molar refractivity (Wildman–Crippen MR) is 169 cm³/mol. The molecule has 1 aliphatic carbocycles. The van der Waals surface area contributed by atoms with E-state index < -0.39 is 0 Å². The molecule has 1 heterocycles. The number of piperidine rings is 1. The molecule has 3 aromatic carbocycles. The molecule has 0 bridgehead atoms. The maximum atomic E-state index is 11.5. The van der Waals surface area contributed by atoms with E-state index in [4.69, 9.17) is 5.32 Å². The second-order valence-corrected chi connectivity index (χ2v) is 13.4. The zero-order chi connectivity index (χ0) is 27.7. The number of phenolic OH excluding ortho intramolecular Hbond substituents is 1. The summed E-state index contributed by atoms with van der Waals surface area (Å²) in [5, 5.41) is 23.2. The summed E-state index contributed by atoms with van der Waals surface area (Å²) in [6.45, 7) is 13.4. The Bertz CT molecular complexity index is 1230. The summed E-state index contributed by atoms with van der Waals surface area (Å²) in [6, 6.07) is 21.4. The maximum absolute atomic E-state index is 11.5. The molecule has 0 radical (unpaired) electrons. The van der Waals surface area contributed by atoms with E-state index in [2.05, 4.69) is 101 Å². The molecule has 40 heavy (non-hydrogen) atoms. The minimum Gasteiger partial charge on any atom is -0.668 e. The Morgan fingerprint density at radius 1 is 0.900 bits per heavy atom. The molecule has 0 aromatic heterocycles. The van der Waals surface area contributed by atoms with E-state index >= 15 is 0 Å². The summed E-state index contributed by atoms with van der Waals surface area (Å²) < 4.78 is 0. The molecule has 2 aliphatic rings. The van der Waals surface area contributed by atoms with Crippen molar-refractivity contribution < 1.29 is 26.8 Å². The van der Waals surface area contributed by atoms with Crippen molar-refractivity contribution >= 4 is 10.8 Å². The average molecular weight is 575 g/mol. The first-order valence-corrected chi connectivity index (χ1v) is 14.4. The molecule has 5 rings (SSSR count). The number of phenols is 1. The molecule has 214 valence electrons. The largest absolute Gasteiger partial charge is 4.00 e. The molecule has 4 unspecified atom stereocenters. The summed E-state index contributed by atoms with van der Waals surface area (Å²) in [4.78, 5) is 0. The third kappa shape index (κ3) is 7.40. The van der Waals surface area contributed by atoms with Gasteiger partial charge in [-0.1, -0.05) is 109 Å². The molecule has 0 spiro atoms. The van der Waals surface area contributed by atoms with Crippen LogP contribution in [0.5, 0.6) is 5.75 Å². The van der Waals surface area contributed by atoms with Crippen molar-refractivity contribution in [1.82, 2.24) is 0 Å². The quantitative estimate of drug-likeness (QED) is 0.240. The van der Waals surface area contributed by atoms with E-state index in [-0.39, 0.29) is 46.0 Å². The van der Waals surface area contributed by atoms with Crippen molar-refractivity contribution in [3.05, 3.63) is 94.9 Å². The van der Waals surface area contributed by atoms with Crippen molar-refractivity contribution in [3.8, 4) is 5.75 Å². The van der Waals surface area contributed by atoms with Gasteiger partial charge in [0.2, 0.25) is 0 Å². The van der Waals surface area contributed by atoms with Gasteiger partial charge in [0, 0.05) is 0 Å². The molecule has 4 heteroatoms. The van der Waals surface area contributed by atoms with Gasteiger partial charge in [0.25, 0.3) is 0 Å². The zero-order valence-electron chi connectivity index (χ0n) is 26.3. The molecule has 1 saturated heterocycles. The molecule has 2 fully saturated rings. The number of fused-ring (bicyclic) bond motifs is 2. The van der Waals surface area contributed by atoms with Crippen LogP contribution in [0, 0.1) is 19.4 Å². The smallest absolute Gasteiger partial charge is 0.668 e. The van der Waals surface area contributed by atoms with Crippen LogP contribution in [0.3, 0.4) is 0 Å². The number of benzene rings is 3. The van der Waals surface area contributed by atoms with E-state index in [1.54, 1.807) is 14.1 Å². The van der Waals surface area contributed by atoms with Crippen molar-refractivity contribution in [3.63, 3.8) is 0 Å². The van der Waals surface area contributed by atoms with E-state index in [1.807, 2.05) is 0 Å². The Labute approximate surface area is 259 Å². The number of nitrogens with zero attached hydrogens (tertiary/aromatic N) is 2.